The molecule has 2 aliphatic rings. The number of methoxy groups -OCH3 is 2. The van der Waals surface area contributed by atoms with Crippen LogP contribution in [-0.2, 0) is 15.2 Å². The van der Waals surface area contributed by atoms with Gasteiger partial charge in [-0.25, -0.2) is 0 Å². The van der Waals surface area contributed by atoms with Gasteiger partial charge in [0.2, 0.25) is 5.78 Å². The Kier molecular flexibility index (Phi) is 4.28. The summed E-state index contributed by atoms with van der Waals surface area (Å²) in [6.07, 6.45) is 1.41. The van der Waals surface area contributed by atoms with Crippen molar-refractivity contribution in [1.82, 2.24) is 0 Å². The fourth-order valence-corrected chi connectivity index (χ4v) is 4.13. The standard InChI is InChI=1S/C23H18N2O6/c1-28-16-10-9-13(12-18(16)29-2)20-19(21(26)17-8-5-11-30-17)23(31-25-20)14-6-3-4-7-15(14)24-22(23)27/h3-12,19H,1-2H3,(H,24,27)/t19-,23-/m1/s1. The molecule has 1 N–H and O–H groups in total. The Hall–Kier alpha value is -4.07. The number of carbonyl (C=O) groups is 2. The summed E-state index contributed by atoms with van der Waals surface area (Å²) in [6, 6.07) is 15.4. The van der Waals surface area contributed by atoms with Gasteiger partial charge in [0, 0.05) is 16.8 Å². The van der Waals surface area contributed by atoms with E-state index in [2.05, 4.69) is 10.5 Å². The zero-order valence-electron chi connectivity index (χ0n) is 16.7. The number of ketones is 1. The number of amides is 1. The summed E-state index contributed by atoms with van der Waals surface area (Å²) in [5.41, 5.74) is 0.353. The molecule has 8 heteroatoms. The fraction of sp³-hybridized carbons (Fsp3) is 0.174. The van der Waals surface area contributed by atoms with Gasteiger partial charge in [0.05, 0.1) is 20.5 Å². The molecule has 31 heavy (non-hydrogen) atoms. The first-order chi connectivity index (χ1) is 15.1. The predicted molar refractivity (Wildman–Crippen MR) is 110 cm³/mol. The van der Waals surface area contributed by atoms with E-state index in [1.54, 1.807) is 54.6 Å². The van der Waals surface area contributed by atoms with Crippen LogP contribution in [0.25, 0.3) is 0 Å². The SMILES string of the molecule is COc1ccc(C2=NO[C@@]3(C(=O)Nc4ccccc43)[C@H]2C(=O)c2ccco2)cc1OC. The molecular weight excluding hydrogens is 400 g/mol. The molecule has 0 saturated carbocycles. The monoisotopic (exact) mass is 418 g/mol. The van der Waals surface area contributed by atoms with Crippen molar-refractivity contribution in [2.24, 2.45) is 11.1 Å². The van der Waals surface area contributed by atoms with Gasteiger partial charge in [0.15, 0.2) is 17.3 Å². The minimum atomic E-state index is -1.64. The minimum absolute atomic E-state index is 0.111. The van der Waals surface area contributed by atoms with Gasteiger partial charge in [0.25, 0.3) is 11.5 Å². The molecule has 156 valence electrons. The molecular formula is C23H18N2O6. The quantitative estimate of drug-likeness (QED) is 0.638. The molecule has 3 heterocycles. The summed E-state index contributed by atoms with van der Waals surface area (Å²) < 4.78 is 16.1. The van der Waals surface area contributed by atoms with Crippen LogP contribution < -0.4 is 14.8 Å². The molecule has 0 aliphatic carbocycles. The highest BCUT2D eigenvalue weighted by atomic mass is 16.7. The third kappa shape index (κ3) is 2.64. The van der Waals surface area contributed by atoms with Gasteiger partial charge in [0.1, 0.15) is 11.6 Å². The zero-order valence-corrected chi connectivity index (χ0v) is 16.7. The first-order valence-electron chi connectivity index (χ1n) is 9.57. The molecule has 1 spiro atoms. The van der Waals surface area contributed by atoms with Crippen LogP contribution in [-0.4, -0.2) is 31.6 Å². The molecule has 2 aromatic carbocycles. The van der Waals surface area contributed by atoms with E-state index in [0.29, 0.717) is 34.0 Å². The van der Waals surface area contributed by atoms with Crippen molar-refractivity contribution in [3.8, 4) is 11.5 Å². The Labute approximate surface area is 177 Å². The fourth-order valence-electron chi connectivity index (χ4n) is 4.13. The van der Waals surface area contributed by atoms with Crippen molar-refractivity contribution >= 4 is 23.1 Å². The van der Waals surface area contributed by atoms with E-state index in [-0.39, 0.29) is 5.76 Å². The Bertz CT molecular complexity index is 1220. The molecule has 0 fully saturated rings. The zero-order chi connectivity index (χ0) is 21.6. The Morgan fingerprint density at radius 1 is 1.06 bits per heavy atom. The van der Waals surface area contributed by atoms with Crippen molar-refractivity contribution in [3.63, 3.8) is 0 Å². The lowest BCUT2D eigenvalue weighted by atomic mass is 9.75. The minimum Gasteiger partial charge on any atom is -0.493 e. The van der Waals surface area contributed by atoms with Crippen molar-refractivity contribution in [2.75, 3.05) is 19.5 Å². The van der Waals surface area contributed by atoms with Gasteiger partial charge in [-0.2, -0.15) is 0 Å². The highest BCUT2D eigenvalue weighted by molar-refractivity contribution is 6.24. The van der Waals surface area contributed by atoms with Crippen LogP contribution in [0.4, 0.5) is 5.69 Å². The van der Waals surface area contributed by atoms with E-state index < -0.39 is 23.2 Å². The van der Waals surface area contributed by atoms with E-state index in [0.717, 1.165) is 0 Å². The Morgan fingerprint density at radius 2 is 1.87 bits per heavy atom. The number of Topliss-reactive ketones (excluding diaryl/α,β-unsaturated/α-hetero) is 1. The average Bonchev–Trinajstić information content (AvgIpc) is 3.53. The van der Waals surface area contributed by atoms with Gasteiger partial charge in [-0.15, -0.1) is 0 Å². The van der Waals surface area contributed by atoms with Crippen LogP contribution >= 0.6 is 0 Å². The molecule has 3 aromatic rings. The van der Waals surface area contributed by atoms with Gasteiger partial charge >= 0.3 is 0 Å². The van der Waals surface area contributed by atoms with Crippen LogP contribution in [0.1, 0.15) is 21.7 Å². The molecule has 1 aromatic heterocycles. The van der Waals surface area contributed by atoms with E-state index >= 15 is 0 Å². The van der Waals surface area contributed by atoms with Crippen LogP contribution in [0.2, 0.25) is 0 Å². The van der Waals surface area contributed by atoms with Crippen LogP contribution in [0.15, 0.2) is 70.4 Å². The number of nitrogens with zero attached hydrogens (tertiary/aromatic N) is 1. The van der Waals surface area contributed by atoms with E-state index in [1.807, 2.05) is 0 Å². The first kappa shape index (κ1) is 18.9. The second-order valence-electron chi connectivity index (χ2n) is 7.15. The van der Waals surface area contributed by atoms with E-state index in [9.17, 15) is 9.59 Å². The number of anilines is 1. The maximum absolute atomic E-state index is 13.6. The maximum atomic E-state index is 13.6. The van der Waals surface area contributed by atoms with E-state index in [1.165, 1.54) is 20.5 Å². The first-order valence-corrected chi connectivity index (χ1v) is 9.57. The largest absolute Gasteiger partial charge is 0.493 e. The van der Waals surface area contributed by atoms with Gasteiger partial charge in [-0.3, -0.25) is 9.59 Å². The summed E-state index contributed by atoms with van der Waals surface area (Å²) in [5, 5.41) is 7.04. The molecule has 1 amide bonds. The van der Waals surface area contributed by atoms with Gasteiger partial charge in [-0.05, 0) is 36.4 Å². The van der Waals surface area contributed by atoms with Crippen LogP contribution in [0, 0.1) is 5.92 Å². The summed E-state index contributed by atoms with van der Waals surface area (Å²) in [4.78, 5) is 32.6. The number of hydrogen-bond acceptors (Lipinski definition) is 7. The second-order valence-corrected chi connectivity index (χ2v) is 7.15. The summed E-state index contributed by atoms with van der Waals surface area (Å²) in [7, 11) is 3.05. The predicted octanol–water partition coefficient (Wildman–Crippen LogP) is 3.38. The summed E-state index contributed by atoms with van der Waals surface area (Å²) in [6.45, 7) is 0. The van der Waals surface area contributed by atoms with Crippen molar-refractivity contribution < 1.29 is 28.3 Å². The third-order valence-corrected chi connectivity index (χ3v) is 5.59. The number of fused-ring (bicyclic) bond motifs is 2. The molecule has 0 bridgehead atoms. The van der Waals surface area contributed by atoms with Crippen LogP contribution in [0.5, 0.6) is 11.5 Å². The third-order valence-electron chi connectivity index (χ3n) is 5.59. The molecule has 0 radical (unpaired) electrons. The number of furan rings is 1. The highest BCUT2D eigenvalue weighted by Gasteiger charge is 2.63. The van der Waals surface area contributed by atoms with E-state index in [4.69, 9.17) is 18.7 Å². The summed E-state index contributed by atoms with van der Waals surface area (Å²) in [5.74, 6) is -0.844. The maximum Gasteiger partial charge on any atom is 0.277 e. The number of oxime groups is 1. The lowest BCUT2D eigenvalue weighted by Gasteiger charge is -2.26. The lowest BCUT2D eigenvalue weighted by molar-refractivity contribution is -0.140. The highest BCUT2D eigenvalue weighted by Crippen LogP contribution is 2.50. The van der Waals surface area contributed by atoms with Crippen LogP contribution in [0.3, 0.4) is 0 Å². The Balaban J connectivity index is 1.68. The number of ether oxygens (including phenoxy) is 2. The summed E-state index contributed by atoms with van der Waals surface area (Å²) >= 11 is 0. The molecule has 2 aliphatic heterocycles. The molecule has 0 unspecified atom stereocenters. The number of para-hydroxylation sites is 1. The number of benzene rings is 2. The van der Waals surface area contributed by atoms with Crippen molar-refractivity contribution in [2.45, 2.75) is 5.60 Å². The molecule has 0 saturated heterocycles. The smallest absolute Gasteiger partial charge is 0.277 e. The van der Waals surface area contributed by atoms with Crippen molar-refractivity contribution in [1.29, 1.82) is 0 Å². The molecule has 2 atom stereocenters. The number of hydrogen-bond donors (Lipinski definition) is 1. The second kappa shape index (κ2) is 7.02. The molecule has 8 nitrogen and oxygen atoms in total. The number of rotatable bonds is 5. The van der Waals surface area contributed by atoms with Gasteiger partial charge < -0.3 is 24.0 Å². The Morgan fingerprint density at radius 3 is 2.61 bits per heavy atom. The number of nitrogens with one attached hydrogen (secondary N) is 1. The van der Waals surface area contributed by atoms with Gasteiger partial charge in [-0.1, -0.05) is 23.4 Å². The average molecular weight is 418 g/mol. The van der Waals surface area contributed by atoms with Crippen molar-refractivity contribution in [3.05, 3.63) is 77.7 Å². The topological polar surface area (TPSA) is 99.4 Å². The molecule has 5 rings (SSSR count). The lowest BCUT2D eigenvalue weighted by Crippen LogP contribution is -2.46. The number of carbonyl (C=O) groups excluding carboxylic acids is 2. The normalized spacial score (nSPS) is 21.3.